The van der Waals surface area contributed by atoms with E-state index in [4.69, 9.17) is 17.3 Å². The van der Waals surface area contributed by atoms with Crippen molar-refractivity contribution in [2.24, 2.45) is 17.6 Å². The first-order valence-electron chi connectivity index (χ1n) is 7.52. The predicted octanol–water partition coefficient (Wildman–Crippen LogP) is 2.78. The molecule has 128 valence electrons. The number of nitrogens with two attached hydrogens (primary N) is 1. The van der Waals surface area contributed by atoms with Crippen LogP contribution < -0.4 is 11.1 Å². The highest BCUT2D eigenvalue weighted by Gasteiger charge is 2.27. The lowest BCUT2D eigenvalue weighted by molar-refractivity contribution is -0.118. The van der Waals surface area contributed by atoms with Gasteiger partial charge in [-0.05, 0) is 37.1 Å². The van der Waals surface area contributed by atoms with Crippen LogP contribution in [0.5, 0.6) is 0 Å². The molecule has 1 aromatic carbocycles. The normalized spacial score (nSPS) is 17.1. The minimum absolute atomic E-state index is 0. The minimum atomic E-state index is -0.126. The van der Waals surface area contributed by atoms with Crippen LogP contribution in [0, 0.1) is 11.8 Å². The minimum Gasteiger partial charge on any atom is -0.338 e. The molecule has 1 aliphatic rings. The summed E-state index contributed by atoms with van der Waals surface area (Å²) in [7, 11) is 0. The summed E-state index contributed by atoms with van der Waals surface area (Å²) < 4.78 is 0. The smallest absolute Gasteiger partial charge is 0.255 e. The van der Waals surface area contributed by atoms with Gasteiger partial charge >= 0.3 is 0 Å². The van der Waals surface area contributed by atoms with E-state index in [9.17, 15) is 9.59 Å². The fourth-order valence-corrected chi connectivity index (χ4v) is 2.63. The maximum Gasteiger partial charge on any atom is 0.255 e. The molecule has 0 spiro atoms. The molecule has 2 amide bonds. The number of halogens is 2. The third-order valence-electron chi connectivity index (χ3n) is 3.90. The molecule has 1 atom stereocenters. The van der Waals surface area contributed by atoms with E-state index < -0.39 is 0 Å². The van der Waals surface area contributed by atoms with Crippen molar-refractivity contribution in [2.75, 3.05) is 25.0 Å². The maximum atomic E-state index is 12.6. The molecular formula is C16H23Cl2N3O2. The monoisotopic (exact) mass is 359 g/mol. The second-order valence-electron chi connectivity index (χ2n) is 5.98. The van der Waals surface area contributed by atoms with E-state index in [0.717, 1.165) is 6.42 Å². The molecule has 5 nitrogen and oxygen atoms in total. The molecule has 0 bridgehead atoms. The summed E-state index contributed by atoms with van der Waals surface area (Å²) in [5.41, 5.74) is 6.66. The standard InChI is InChI=1S/C16H22ClN3O2.ClH/c1-10(2)15(21)19-12-3-4-14(17)13(7-12)16(22)20-6-5-11(8-18)9-20;/h3-4,7,10-11H,5-6,8-9,18H2,1-2H3,(H,19,21);1H. The second kappa shape index (κ2) is 8.52. The number of nitrogens with zero attached hydrogens (tertiary/aromatic N) is 1. The lowest BCUT2D eigenvalue weighted by Gasteiger charge is -2.18. The lowest BCUT2D eigenvalue weighted by Crippen LogP contribution is -2.30. The zero-order valence-electron chi connectivity index (χ0n) is 13.3. The third kappa shape index (κ3) is 4.83. The first-order chi connectivity index (χ1) is 10.4. The van der Waals surface area contributed by atoms with E-state index in [1.165, 1.54) is 0 Å². The van der Waals surface area contributed by atoms with E-state index >= 15 is 0 Å². The molecular weight excluding hydrogens is 337 g/mol. The molecule has 1 fully saturated rings. The zero-order valence-corrected chi connectivity index (χ0v) is 14.9. The van der Waals surface area contributed by atoms with Gasteiger partial charge in [-0.2, -0.15) is 0 Å². The van der Waals surface area contributed by atoms with Gasteiger partial charge in [0.2, 0.25) is 5.91 Å². The number of amides is 2. The largest absolute Gasteiger partial charge is 0.338 e. The quantitative estimate of drug-likeness (QED) is 0.867. The number of likely N-dealkylation sites (tertiary alicyclic amines) is 1. The molecule has 7 heteroatoms. The van der Waals surface area contributed by atoms with Gasteiger partial charge in [0.25, 0.3) is 5.91 Å². The van der Waals surface area contributed by atoms with Crippen LogP contribution in [0.1, 0.15) is 30.6 Å². The fraction of sp³-hybridized carbons (Fsp3) is 0.500. The Labute approximate surface area is 148 Å². The van der Waals surface area contributed by atoms with Crippen LogP contribution in [0.25, 0.3) is 0 Å². The molecule has 1 saturated heterocycles. The van der Waals surface area contributed by atoms with Gasteiger partial charge in [-0.25, -0.2) is 0 Å². The van der Waals surface area contributed by atoms with Crippen molar-refractivity contribution in [2.45, 2.75) is 20.3 Å². The van der Waals surface area contributed by atoms with Gasteiger partial charge in [0.05, 0.1) is 10.6 Å². The maximum absolute atomic E-state index is 12.6. The highest BCUT2D eigenvalue weighted by atomic mass is 35.5. The number of benzene rings is 1. The van der Waals surface area contributed by atoms with E-state index in [0.29, 0.717) is 41.8 Å². The number of carbonyl (C=O) groups is 2. The Morgan fingerprint density at radius 2 is 2.13 bits per heavy atom. The van der Waals surface area contributed by atoms with Crippen LogP contribution in [0.15, 0.2) is 18.2 Å². The molecule has 1 aromatic rings. The topological polar surface area (TPSA) is 75.4 Å². The molecule has 0 aliphatic carbocycles. The Morgan fingerprint density at radius 3 is 2.70 bits per heavy atom. The first kappa shape index (κ1) is 19.7. The van der Waals surface area contributed by atoms with Gasteiger partial charge in [-0.3, -0.25) is 9.59 Å². The van der Waals surface area contributed by atoms with Gasteiger partial charge in [0, 0.05) is 24.7 Å². The van der Waals surface area contributed by atoms with Crippen LogP contribution in [0.3, 0.4) is 0 Å². The van der Waals surface area contributed by atoms with Gasteiger partial charge in [-0.1, -0.05) is 25.4 Å². The molecule has 3 N–H and O–H groups in total. The SMILES string of the molecule is CC(C)C(=O)Nc1ccc(Cl)c(C(=O)N2CCC(CN)C2)c1.Cl. The van der Waals surface area contributed by atoms with E-state index in [-0.39, 0.29) is 30.1 Å². The van der Waals surface area contributed by atoms with Crippen molar-refractivity contribution in [1.82, 2.24) is 4.90 Å². The number of hydrogen-bond acceptors (Lipinski definition) is 3. The molecule has 23 heavy (non-hydrogen) atoms. The Morgan fingerprint density at radius 1 is 1.43 bits per heavy atom. The summed E-state index contributed by atoms with van der Waals surface area (Å²) in [6.07, 6.45) is 0.920. The number of rotatable bonds is 4. The lowest BCUT2D eigenvalue weighted by atomic mass is 10.1. The average molecular weight is 360 g/mol. The van der Waals surface area contributed by atoms with Crippen molar-refractivity contribution in [3.05, 3.63) is 28.8 Å². The van der Waals surface area contributed by atoms with Crippen molar-refractivity contribution in [1.29, 1.82) is 0 Å². The number of carbonyl (C=O) groups excluding carboxylic acids is 2. The second-order valence-corrected chi connectivity index (χ2v) is 6.39. The average Bonchev–Trinajstić information content (AvgIpc) is 2.97. The summed E-state index contributed by atoms with van der Waals surface area (Å²) in [5, 5.41) is 3.18. The zero-order chi connectivity index (χ0) is 16.3. The third-order valence-corrected chi connectivity index (χ3v) is 4.22. The molecule has 1 heterocycles. The molecule has 0 saturated carbocycles. The van der Waals surface area contributed by atoms with Gasteiger partial charge in [-0.15, -0.1) is 12.4 Å². The van der Waals surface area contributed by atoms with Crippen molar-refractivity contribution in [3.8, 4) is 0 Å². The Kier molecular flexibility index (Phi) is 7.32. The van der Waals surface area contributed by atoms with Gasteiger partial charge in [0.1, 0.15) is 0 Å². The van der Waals surface area contributed by atoms with Crippen molar-refractivity contribution < 1.29 is 9.59 Å². The first-order valence-corrected chi connectivity index (χ1v) is 7.90. The van der Waals surface area contributed by atoms with Crippen molar-refractivity contribution >= 4 is 41.5 Å². The Bertz CT molecular complexity index is 578. The van der Waals surface area contributed by atoms with Gasteiger partial charge < -0.3 is 16.0 Å². The number of anilines is 1. The molecule has 0 aromatic heterocycles. The fourth-order valence-electron chi connectivity index (χ4n) is 2.43. The van der Waals surface area contributed by atoms with E-state index in [1.54, 1.807) is 23.1 Å². The van der Waals surface area contributed by atoms with E-state index in [2.05, 4.69) is 5.32 Å². The predicted molar refractivity (Wildman–Crippen MR) is 95.2 cm³/mol. The van der Waals surface area contributed by atoms with Crippen LogP contribution in [-0.2, 0) is 4.79 Å². The summed E-state index contributed by atoms with van der Waals surface area (Å²) in [5.74, 6) is 0.0250. The molecule has 1 unspecified atom stereocenters. The molecule has 1 aliphatic heterocycles. The van der Waals surface area contributed by atoms with E-state index in [1.807, 2.05) is 13.8 Å². The summed E-state index contributed by atoms with van der Waals surface area (Å²) >= 11 is 6.15. The number of nitrogens with one attached hydrogen (secondary N) is 1. The molecule has 0 radical (unpaired) electrons. The van der Waals surface area contributed by atoms with Crippen LogP contribution in [0.4, 0.5) is 5.69 Å². The Balaban J connectivity index is 0.00000264. The summed E-state index contributed by atoms with van der Waals surface area (Å²) in [6.45, 7) is 5.57. The van der Waals surface area contributed by atoms with Crippen LogP contribution in [-0.4, -0.2) is 36.3 Å². The summed E-state index contributed by atoms with van der Waals surface area (Å²) in [6, 6.07) is 4.98. The van der Waals surface area contributed by atoms with Crippen LogP contribution in [0.2, 0.25) is 5.02 Å². The highest BCUT2D eigenvalue weighted by molar-refractivity contribution is 6.34. The summed E-state index contributed by atoms with van der Waals surface area (Å²) in [4.78, 5) is 26.1. The van der Waals surface area contributed by atoms with Gasteiger partial charge in [0.15, 0.2) is 0 Å². The highest BCUT2D eigenvalue weighted by Crippen LogP contribution is 2.25. The van der Waals surface area contributed by atoms with Crippen LogP contribution >= 0.6 is 24.0 Å². The number of hydrogen-bond donors (Lipinski definition) is 2. The molecule has 2 rings (SSSR count). The van der Waals surface area contributed by atoms with Crippen molar-refractivity contribution in [3.63, 3.8) is 0 Å². The Hall–Kier alpha value is -1.30.